The summed E-state index contributed by atoms with van der Waals surface area (Å²) in [7, 11) is 0. The molecule has 1 heterocycles. The number of rotatable bonds is 5. The minimum Gasteiger partial charge on any atom is -0.481 e. The molecule has 1 unspecified atom stereocenters. The minimum absolute atomic E-state index is 0.113. The molecule has 2 aliphatic rings. The second-order valence-corrected chi connectivity index (χ2v) is 5.30. The number of fused-ring (bicyclic) bond motifs is 1. The van der Waals surface area contributed by atoms with Crippen LogP contribution in [0.25, 0.3) is 0 Å². The molecule has 1 saturated carbocycles. The molecule has 4 heteroatoms. The van der Waals surface area contributed by atoms with E-state index in [1.54, 1.807) is 0 Å². The molecule has 1 atom stereocenters. The van der Waals surface area contributed by atoms with Crippen LogP contribution >= 0.6 is 0 Å². The summed E-state index contributed by atoms with van der Waals surface area (Å²) in [5.41, 5.74) is 2.32. The molecule has 1 aliphatic carbocycles. The van der Waals surface area contributed by atoms with Gasteiger partial charge in [-0.15, -0.1) is 0 Å². The van der Waals surface area contributed by atoms with Crippen LogP contribution in [0.5, 0.6) is 11.5 Å². The van der Waals surface area contributed by atoms with Crippen LogP contribution in [-0.4, -0.2) is 17.9 Å². The van der Waals surface area contributed by atoms with Crippen molar-refractivity contribution in [1.29, 1.82) is 0 Å². The fraction of sp³-hybridized carbons (Fsp3) is 0.533. The molecule has 4 nitrogen and oxygen atoms in total. The fourth-order valence-electron chi connectivity index (χ4n) is 2.87. The minimum atomic E-state index is -0.725. The molecule has 3 rings (SSSR count). The van der Waals surface area contributed by atoms with Gasteiger partial charge in [-0.3, -0.25) is 4.79 Å². The van der Waals surface area contributed by atoms with E-state index in [1.165, 1.54) is 5.56 Å². The lowest BCUT2D eigenvalue weighted by Gasteiger charge is -2.19. The largest absolute Gasteiger partial charge is 0.481 e. The molecule has 0 radical (unpaired) electrons. The Morgan fingerprint density at radius 1 is 1.37 bits per heavy atom. The van der Waals surface area contributed by atoms with E-state index in [1.807, 2.05) is 12.1 Å². The first-order chi connectivity index (χ1) is 9.19. The Balaban J connectivity index is 1.99. The molecule has 102 valence electrons. The molecule has 1 aliphatic heterocycles. The van der Waals surface area contributed by atoms with Crippen molar-refractivity contribution >= 4 is 5.97 Å². The Morgan fingerprint density at radius 2 is 2.05 bits per heavy atom. The maximum atomic E-state index is 11.1. The Bertz CT molecular complexity index is 505. The third kappa shape index (κ3) is 2.39. The van der Waals surface area contributed by atoms with Crippen molar-refractivity contribution < 1.29 is 19.4 Å². The summed E-state index contributed by atoms with van der Waals surface area (Å²) in [5.74, 6) is 1.44. The van der Waals surface area contributed by atoms with E-state index in [9.17, 15) is 4.79 Å². The van der Waals surface area contributed by atoms with Gasteiger partial charge < -0.3 is 14.6 Å². The maximum Gasteiger partial charge on any atom is 0.303 e. The van der Waals surface area contributed by atoms with Gasteiger partial charge in [0.05, 0.1) is 6.42 Å². The molecule has 1 fully saturated rings. The zero-order valence-electron chi connectivity index (χ0n) is 11.0. The van der Waals surface area contributed by atoms with E-state index in [-0.39, 0.29) is 19.1 Å². The summed E-state index contributed by atoms with van der Waals surface area (Å²) in [5, 5.41) is 9.12. The quantitative estimate of drug-likeness (QED) is 0.886. The normalized spacial score (nSPS) is 18.4. The average Bonchev–Trinajstić information content (AvgIpc) is 3.12. The second-order valence-electron chi connectivity index (χ2n) is 5.30. The number of ether oxygens (including phenoxy) is 2. The Kier molecular flexibility index (Phi) is 3.09. The Hall–Kier alpha value is -1.71. The number of carboxylic acid groups (broad SMARTS) is 1. The highest BCUT2D eigenvalue weighted by Crippen LogP contribution is 2.48. The molecule has 0 saturated heterocycles. The zero-order chi connectivity index (χ0) is 13.4. The number of aryl methyl sites for hydroxylation is 1. The highest BCUT2D eigenvalue weighted by Gasteiger charge is 2.35. The molecule has 0 aromatic heterocycles. The first-order valence-electron chi connectivity index (χ1n) is 6.83. The summed E-state index contributed by atoms with van der Waals surface area (Å²) in [6.07, 6.45) is 3.36. The number of carbonyl (C=O) groups is 1. The van der Waals surface area contributed by atoms with Crippen LogP contribution in [0.4, 0.5) is 0 Å². The third-order valence-corrected chi connectivity index (χ3v) is 4.00. The summed E-state index contributed by atoms with van der Waals surface area (Å²) in [6.45, 7) is 2.35. The van der Waals surface area contributed by atoms with Gasteiger partial charge in [-0.2, -0.15) is 0 Å². The molecule has 1 aromatic carbocycles. The van der Waals surface area contributed by atoms with Crippen LogP contribution in [0.15, 0.2) is 12.1 Å². The van der Waals surface area contributed by atoms with E-state index in [0.29, 0.717) is 5.92 Å². The van der Waals surface area contributed by atoms with Crippen molar-refractivity contribution in [3.05, 3.63) is 23.3 Å². The lowest BCUT2D eigenvalue weighted by molar-refractivity contribution is -0.137. The number of aliphatic carboxylic acids is 1. The van der Waals surface area contributed by atoms with Crippen molar-refractivity contribution in [3.8, 4) is 11.5 Å². The van der Waals surface area contributed by atoms with Crippen molar-refractivity contribution in [2.75, 3.05) is 6.79 Å². The molecule has 19 heavy (non-hydrogen) atoms. The first-order valence-corrected chi connectivity index (χ1v) is 6.83. The molecule has 0 bridgehead atoms. The summed E-state index contributed by atoms with van der Waals surface area (Å²) < 4.78 is 10.8. The van der Waals surface area contributed by atoms with Crippen LogP contribution in [0, 0.1) is 5.92 Å². The Morgan fingerprint density at radius 3 is 2.63 bits per heavy atom. The van der Waals surface area contributed by atoms with Crippen LogP contribution in [-0.2, 0) is 11.2 Å². The topological polar surface area (TPSA) is 55.8 Å². The van der Waals surface area contributed by atoms with Crippen molar-refractivity contribution in [2.24, 2.45) is 5.92 Å². The van der Waals surface area contributed by atoms with E-state index < -0.39 is 5.97 Å². The van der Waals surface area contributed by atoms with E-state index >= 15 is 0 Å². The highest BCUT2D eigenvalue weighted by atomic mass is 16.7. The monoisotopic (exact) mass is 262 g/mol. The van der Waals surface area contributed by atoms with Gasteiger partial charge in [-0.1, -0.05) is 6.92 Å². The van der Waals surface area contributed by atoms with Crippen LogP contribution in [0.2, 0.25) is 0 Å². The lowest BCUT2D eigenvalue weighted by atomic mass is 9.86. The first kappa shape index (κ1) is 12.3. The number of hydrogen-bond donors (Lipinski definition) is 1. The predicted octanol–water partition coefficient (Wildman–Crippen LogP) is 2.95. The average molecular weight is 262 g/mol. The van der Waals surface area contributed by atoms with Gasteiger partial charge in [-0.05, 0) is 54.4 Å². The van der Waals surface area contributed by atoms with Gasteiger partial charge in [0.2, 0.25) is 6.79 Å². The van der Waals surface area contributed by atoms with Crippen LogP contribution in [0.1, 0.15) is 43.2 Å². The number of benzene rings is 1. The van der Waals surface area contributed by atoms with Crippen molar-refractivity contribution in [3.63, 3.8) is 0 Å². The summed E-state index contributed by atoms with van der Waals surface area (Å²) >= 11 is 0. The zero-order valence-corrected chi connectivity index (χ0v) is 11.0. The van der Waals surface area contributed by atoms with Gasteiger partial charge in [0.1, 0.15) is 0 Å². The molecular weight excluding hydrogens is 244 g/mol. The third-order valence-electron chi connectivity index (χ3n) is 4.00. The van der Waals surface area contributed by atoms with Crippen molar-refractivity contribution in [2.45, 2.75) is 38.5 Å². The molecule has 0 spiro atoms. The highest BCUT2D eigenvalue weighted by molar-refractivity contribution is 5.68. The smallest absolute Gasteiger partial charge is 0.303 e. The molecule has 0 amide bonds. The SMILES string of the molecule is CCc1cc2c(cc1C(CC(=O)O)C1CC1)OCO2. The maximum absolute atomic E-state index is 11.1. The Labute approximate surface area is 112 Å². The number of hydrogen-bond acceptors (Lipinski definition) is 3. The van der Waals surface area contributed by atoms with Gasteiger partial charge >= 0.3 is 5.97 Å². The van der Waals surface area contributed by atoms with E-state index in [4.69, 9.17) is 14.6 Å². The lowest BCUT2D eigenvalue weighted by Crippen LogP contribution is -2.10. The van der Waals surface area contributed by atoms with Crippen LogP contribution < -0.4 is 9.47 Å². The van der Waals surface area contributed by atoms with Gasteiger partial charge in [-0.25, -0.2) is 0 Å². The van der Waals surface area contributed by atoms with E-state index in [2.05, 4.69) is 6.92 Å². The number of carboxylic acids is 1. The van der Waals surface area contributed by atoms with Gasteiger partial charge in [0.25, 0.3) is 0 Å². The molecule has 1 aromatic rings. The van der Waals surface area contributed by atoms with Crippen LogP contribution in [0.3, 0.4) is 0 Å². The molecular formula is C15H18O4. The standard InChI is InChI=1S/C15H18O4/c1-2-9-5-13-14(19-8-18-13)6-11(9)12(7-15(16)17)10-3-4-10/h5-6,10,12H,2-4,7-8H2,1H3,(H,16,17). The second kappa shape index (κ2) is 4.76. The van der Waals surface area contributed by atoms with Gasteiger partial charge in [0, 0.05) is 0 Å². The van der Waals surface area contributed by atoms with Crippen molar-refractivity contribution in [1.82, 2.24) is 0 Å². The molecule has 1 N–H and O–H groups in total. The summed E-state index contributed by atoms with van der Waals surface area (Å²) in [4.78, 5) is 11.1. The fourth-order valence-corrected chi connectivity index (χ4v) is 2.87. The van der Waals surface area contributed by atoms with Gasteiger partial charge in [0.15, 0.2) is 11.5 Å². The van der Waals surface area contributed by atoms with E-state index in [0.717, 1.165) is 36.3 Å². The predicted molar refractivity (Wildman–Crippen MR) is 69.7 cm³/mol. The summed E-state index contributed by atoms with van der Waals surface area (Å²) in [6, 6.07) is 4.00.